The van der Waals surface area contributed by atoms with Gasteiger partial charge in [0, 0.05) is 11.6 Å². The highest BCUT2D eigenvalue weighted by molar-refractivity contribution is 5.96. The lowest BCUT2D eigenvalue weighted by atomic mass is 10.0. The van der Waals surface area contributed by atoms with Crippen molar-refractivity contribution in [3.05, 3.63) is 59.8 Å². The number of aromatic nitrogens is 4. The molecular weight excluding hydrogens is 437 g/mol. The molecule has 2 N–H and O–H groups in total. The van der Waals surface area contributed by atoms with Crippen LogP contribution in [0.15, 0.2) is 43.0 Å². The highest BCUT2D eigenvalue weighted by atomic mass is 19.4. The molecule has 0 bridgehead atoms. The van der Waals surface area contributed by atoms with Crippen LogP contribution in [0.4, 0.5) is 19.0 Å². The molecule has 4 aromatic rings. The molecule has 168 valence electrons. The number of hydrogen-bond donors (Lipinski definition) is 1. The Hall–Kier alpha value is -3.89. The van der Waals surface area contributed by atoms with Crippen molar-refractivity contribution in [1.82, 2.24) is 24.3 Å². The second kappa shape index (κ2) is 6.80. The van der Waals surface area contributed by atoms with Crippen molar-refractivity contribution in [2.45, 2.75) is 31.1 Å². The molecule has 8 nitrogen and oxygen atoms in total. The number of carbonyl (C=O) groups excluding carboxylic acids is 1. The van der Waals surface area contributed by atoms with Gasteiger partial charge in [-0.25, -0.2) is 15.0 Å². The van der Waals surface area contributed by atoms with Gasteiger partial charge in [-0.15, -0.1) is 0 Å². The number of halogens is 3. The van der Waals surface area contributed by atoms with E-state index in [9.17, 15) is 18.0 Å². The number of anilines is 1. The summed E-state index contributed by atoms with van der Waals surface area (Å²) >= 11 is 0. The van der Waals surface area contributed by atoms with Crippen molar-refractivity contribution in [3.63, 3.8) is 0 Å². The van der Waals surface area contributed by atoms with Gasteiger partial charge in [0.05, 0.1) is 35.8 Å². The normalized spacial score (nSPS) is 17.8. The van der Waals surface area contributed by atoms with Gasteiger partial charge in [0.15, 0.2) is 0 Å². The maximum Gasteiger partial charge on any atom is 0.416 e. The Balaban J connectivity index is 1.39. The molecule has 0 saturated heterocycles. The fraction of sp³-hybridized carbons (Fsp3) is 0.273. The number of imidazole rings is 1. The molecule has 0 unspecified atom stereocenters. The average molecular weight is 454 g/mol. The van der Waals surface area contributed by atoms with Crippen LogP contribution in [0.5, 0.6) is 5.75 Å². The van der Waals surface area contributed by atoms with Crippen LogP contribution in [-0.2, 0) is 6.18 Å². The van der Waals surface area contributed by atoms with E-state index in [1.54, 1.807) is 27.9 Å². The molecule has 11 heteroatoms. The lowest BCUT2D eigenvalue weighted by molar-refractivity contribution is -0.137. The number of carbonyl (C=O) groups is 1. The Labute approximate surface area is 184 Å². The lowest BCUT2D eigenvalue weighted by Crippen LogP contribution is -2.38. The predicted octanol–water partition coefficient (Wildman–Crippen LogP) is 3.62. The number of nitrogen functional groups attached to an aromatic ring is 1. The molecule has 0 radical (unpaired) electrons. The van der Waals surface area contributed by atoms with E-state index in [2.05, 4.69) is 15.0 Å². The van der Waals surface area contributed by atoms with Crippen molar-refractivity contribution in [2.75, 3.05) is 12.3 Å². The third-order valence-corrected chi connectivity index (χ3v) is 6.09. The molecule has 3 aromatic heterocycles. The molecule has 1 aromatic carbocycles. The number of alkyl halides is 3. The van der Waals surface area contributed by atoms with Crippen LogP contribution in [0.25, 0.3) is 16.6 Å². The standard InChI is InChI=1S/C22H17F3N6O2/c23-22(24,25)11-1-4-13-18(9-33-19(13)5-11)31(12-2-3-12)21(32)14-6-16-15(7-28-14)29-20(26)17-8-27-10-30(16)17/h1,4-8,10,12,18H,2-3,9H2,(H2,26,29)/t18-/m1/s1. The summed E-state index contributed by atoms with van der Waals surface area (Å²) in [4.78, 5) is 28.0. The molecule has 1 aliphatic carbocycles. The number of rotatable bonds is 3. The summed E-state index contributed by atoms with van der Waals surface area (Å²) < 4.78 is 46.6. The summed E-state index contributed by atoms with van der Waals surface area (Å²) in [6, 6.07) is 4.54. The second-order valence-corrected chi connectivity index (χ2v) is 8.22. The first-order chi connectivity index (χ1) is 15.8. The highest BCUT2D eigenvalue weighted by Gasteiger charge is 2.43. The SMILES string of the molecule is Nc1nc2cnc(C(=O)N(C3CC3)[C@@H]3COc4cc(C(F)(F)F)ccc43)cc2n2cncc12. The van der Waals surface area contributed by atoms with Gasteiger partial charge in [-0.05, 0) is 31.0 Å². The van der Waals surface area contributed by atoms with Gasteiger partial charge in [-0.1, -0.05) is 6.07 Å². The van der Waals surface area contributed by atoms with Crippen LogP contribution in [0.1, 0.15) is 40.5 Å². The van der Waals surface area contributed by atoms with Gasteiger partial charge in [-0.3, -0.25) is 9.20 Å². The van der Waals surface area contributed by atoms with Crippen molar-refractivity contribution in [1.29, 1.82) is 0 Å². The van der Waals surface area contributed by atoms with Crippen LogP contribution in [0.2, 0.25) is 0 Å². The summed E-state index contributed by atoms with van der Waals surface area (Å²) in [5.74, 6) is 0.142. The fourth-order valence-electron chi connectivity index (χ4n) is 4.34. The van der Waals surface area contributed by atoms with Crippen molar-refractivity contribution >= 4 is 28.3 Å². The molecule has 1 atom stereocenters. The van der Waals surface area contributed by atoms with E-state index in [0.29, 0.717) is 27.9 Å². The van der Waals surface area contributed by atoms with E-state index in [4.69, 9.17) is 10.5 Å². The third kappa shape index (κ3) is 3.14. The summed E-state index contributed by atoms with van der Waals surface area (Å²) in [6.07, 6.45) is 1.82. The summed E-state index contributed by atoms with van der Waals surface area (Å²) in [5.41, 5.74) is 7.72. The number of nitrogens with two attached hydrogens (primary N) is 1. The van der Waals surface area contributed by atoms with Gasteiger partial charge < -0.3 is 15.4 Å². The van der Waals surface area contributed by atoms with Crippen molar-refractivity contribution in [2.24, 2.45) is 0 Å². The zero-order valence-corrected chi connectivity index (χ0v) is 17.1. The molecule has 1 saturated carbocycles. The Morgan fingerprint density at radius 2 is 2.00 bits per heavy atom. The molecule has 6 rings (SSSR count). The maximum atomic E-state index is 13.6. The summed E-state index contributed by atoms with van der Waals surface area (Å²) in [7, 11) is 0. The van der Waals surface area contributed by atoms with Crippen LogP contribution < -0.4 is 10.5 Å². The largest absolute Gasteiger partial charge is 0.491 e. The Morgan fingerprint density at radius 1 is 1.18 bits per heavy atom. The van der Waals surface area contributed by atoms with E-state index < -0.39 is 17.8 Å². The lowest BCUT2D eigenvalue weighted by Gasteiger charge is -2.28. The van der Waals surface area contributed by atoms with Crippen LogP contribution in [-0.4, -0.2) is 42.8 Å². The number of fused-ring (bicyclic) bond motifs is 4. The van der Waals surface area contributed by atoms with Crippen LogP contribution >= 0.6 is 0 Å². The molecular formula is C22H17F3N6O2. The highest BCUT2D eigenvalue weighted by Crippen LogP contribution is 2.44. The average Bonchev–Trinajstić information content (AvgIpc) is 3.32. The predicted molar refractivity (Wildman–Crippen MR) is 112 cm³/mol. The van der Waals surface area contributed by atoms with Gasteiger partial charge in [0.2, 0.25) is 0 Å². The number of benzene rings is 1. The minimum absolute atomic E-state index is 0.0188. The molecule has 1 fully saturated rings. The molecule has 33 heavy (non-hydrogen) atoms. The number of hydrogen-bond acceptors (Lipinski definition) is 6. The van der Waals surface area contributed by atoms with Gasteiger partial charge >= 0.3 is 6.18 Å². The number of ether oxygens (including phenoxy) is 1. The molecule has 0 spiro atoms. The molecule has 1 amide bonds. The van der Waals surface area contributed by atoms with E-state index in [-0.39, 0.29) is 30.0 Å². The van der Waals surface area contributed by atoms with Gasteiger partial charge in [0.1, 0.15) is 34.9 Å². The Kier molecular flexibility index (Phi) is 4.08. The minimum Gasteiger partial charge on any atom is -0.491 e. The van der Waals surface area contributed by atoms with Crippen molar-refractivity contribution in [3.8, 4) is 5.75 Å². The maximum absolute atomic E-state index is 13.6. The molecule has 1 aliphatic heterocycles. The summed E-state index contributed by atoms with van der Waals surface area (Å²) in [5, 5.41) is 0. The molecule has 2 aliphatic rings. The van der Waals surface area contributed by atoms with E-state index in [1.165, 1.54) is 12.3 Å². The first-order valence-electron chi connectivity index (χ1n) is 10.3. The van der Waals surface area contributed by atoms with Gasteiger partial charge in [-0.2, -0.15) is 13.2 Å². The second-order valence-electron chi connectivity index (χ2n) is 8.22. The smallest absolute Gasteiger partial charge is 0.416 e. The Bertz CT molecular complexity index is 1430. The molecule has 4 heterocycles. The monoisotopic (exact) mass is 454 g/mol. The Morgan fingerprint density at radius 3 is 2.76 bits per heavy atom. The van der Waals surface area contributed by atoms with E-state index in [0.717, 1.165) is 25.0 Å². The van der Waals surface area contributed by atoms with Crippen LogP contribution in [0.3, 0.4) is 0 Å². The van der Waals surface area contributed by atoms with E-state index in [1.807, 2.05) is 0 Å². The zero-order valence-electron chi connectivity index (χ0n) is 17.1. The van der Waals surface area contributed by atoms with Crippen LogP contribution in [0, 0.1) is 0 Å². The first kappa shape index (κ1) is 19.8. The van der Waals surface area contributed by atoms with Crippen molar-refractivity contribution < 1.29 is 22.7 Å². The zero-order chi connectivity index (χ0) is 22.9. The number of nitrogens with zero attached hydrogens (tertiary/aromatic N) is 5. The topological polar surface area (TPSA) is 98.6 Å². The van der Waals surface area contributed by atoms with Gasteiger partial charge in [0.25, 0.3) is 5.91 Å². The number of amides is 1. The fourth-order valence-corrected chi connectivity index (χ4v) is 4.34. The quantitative estimate of drug-likeness (QED) is 0.508. The summed E-state index contributed by atoms with van der Waals surface area (Å²) in [6.45, 7) is 0.0936. The first-order valence-corrected chi connectivity index (χ1v) is 10.3. The number of pyridine rings is 1. The van der Waals surface area contributed by atoms with E-state index >= 15 is 0 Å². The minimum atomic E-state index is -4.46. The third-order valence-electron chi connectivity index (χ3n) is 6.09.